The van der Waals surface area contributed by atoms with Gasteiger partial charge in [0.2, 0.25) is 0 Å². The van der Waals surface area contributed by atoms with Crippen LogP contribution in [0, 0.1) is 0 Å². The fourth-order valence-corrected chi connectivity index (χ4v) is 3.23. The first-order valence-corrected chi connectivity index (χ1v) is 8.36. The molecule has 1 aromatic carbocycles. The number of nitrogens with zero attached hydrogens (tertiary/aromatic N) is 1. The maximum Gasteiger partial charge on any atom is 0.0485 e. The summed E-state index contributed by atoms with van der Waals surface area (Å²) in [5.41, 5.74) is 2.64. The average molecular weight is 339 g/mol. The lowest BCUT2D eigenvalue weighted by Gasteiger charge is -2.33. The van der Waals surface area contributed by atoms with Gasteiger partial charge in [-0.2, -0.15) is 0 Å². The standard InChI is InChI=1S/C16H23BrN2O/c1-19(14-6-8-20-9-7-14)15-5-2-12(16(17)10-15)11-18-13-3-4-13/h2,5,10,13-14,18H,3-4,6-9,11H2,1H3. The maximum atomic E-state index is 5.44. The van der Waals surface area contributed by atoms with Crippen molar-refractivity contribution in [2.75, 3.05) is 25.2 Å². The van der Waals surface area contributed by atoms with Crippen LogP contribution in [0.1, 0.15) is 31.2 Å². The van der Waals surface area contributed by atoms with E-state index in [-0.39, 0.29) is 0 Å². The third kappa shape index (κ3) is 3.54. The van der Waals surface area contributed by atoms with Crippen molar-refractivity contribution < 1.29 is 4.74 Å². The van der Waals surface area contributed by atoms with Crippen LogP contribution in [0.25, 0.3) is 0 Å². The lowest BCUT2D eigenvalue weighted by Crippen LogP contribution is -2.36. The zero-order chi connectivity index (χ0) is 13.9. The Kier molecular flexibility index (Phi) is 4.64. The molecule has 0 atom stereocenters. The molecule has 1 heterocycles. The molecule has 3 nitrogen and oxygen atoms in total. The maximum absolute atomic E-state index is 5.44. The zero-order valence-electron chi connectivity index (χ0n) is 12.1. The van der Waals surface area contributed by atoms with Crippen LogP contribution in [0.2, 0.25) is 0 Å². The van der Waals surface area contributed by atoms with Gasteiger partial charge < -0.3 is 15.0 Å². The van der Waals surface area contributed by atoms with Crippen LogP contribution in [0.4, 0.5) is 5.69 Å². The SMILES string of the molecule is CN(c1ccc(CNC2CC2)c(Br)c1)C1CCOCC1. The van der Waals surface area contributed by atoms with Gasteiger partial charge in [0, 0.05) is 49.0 Å². The van der Waals surface area contributed by atoms with E-state index in [9.17, 15) is 0 Å². The van der Waals surface area contributed by atoms with E-state index in [2.05, 4.69) is 51.4 Å². The molecule has 20 heavy (non-hydrogen) atoms. The molecule has 1 saturated carbocycles. The molecule has 3 rings (SSSR count). The quantitative estimate of drug-likeness (QED) is 0.891. The van der Waals surface area contributed by atoms with E-state index in [0.29, 0.717) is 6.04 Å². The Balaban J connectivity index is 1.64. The number of hydrogen-bond acceptors (Lipinski definition) is 3. The van der Waals surface area contributed by atoms with E-state index in [0.717, 1.165) is 38.6 Å². The van der Waals surface area contributed by atoms with Crippen LogP contribution in [-0.2, 0) is 11.3 Å². The molecule has 0 radical (unpaired) electrons. The fourth-order valence-electron chi connectivity index (χ4n) is 2.72. The van der Waals surface area contributed by atoms with Gasteiger partial charge >= 0.3 is 0 Å². The van der Waals surface area contributed by atoms with E-state index in [4.69, 9.17) is 4.74 Å². The summed E-state index contributed by atoms with van der Waals surface area (Å²) >= 11 is 3.72. The average Bonchev–Trinajstić information content (AvgIpc) is 3.30. The summed E-state index contributed by atoms with van der Waals surface area (Å²) in [4.78, 5) is 2.39. The first-order chi connectivity index (χ1) is 9.74. The van der Waals surface area contributed by atoms with Gasteiger partial charge in [-0.15, -0.1) is 0 Å². The Morgan fingerprint density at radius 3 is 2.65 bits per heavy atom. The third-order valence-electron chi connectivity index (χ3n) is 4.34. The highest BCUT2D eigenvalue weighted by atomic mass is 79.9. The summed E-state index contributed by atoms with van der Waals surface area (Å²) < 4.78 is 6.65. The van der Waals surface area contributed by atoms with Crippen molar-refractivity contribution in [2.24, 2.45) is 0 Å². The molecule has 0 aromatic heterocycles. The molecule has 110 valence electrons. The molecule has 2 aliphatic rings. The molecule has 1 N–H and O–H groups in total. The topological polar surface area (TPSA) is 24.5 Å². The first-order valence-electron chi connectivity index (χ1n) is 7.56. The number of ether oxygens (including phenoxy) is 1. The molecule has 2 fully saturated rings. The fraction of sp³-hybridized carbons (Fsp3) is 0.625. The summed E-state index contributed by atoms with van der Waals surface area (Å²) in [5.74, 6) is 0. The number of hydrogen-bond donors (Lipinski definition) is 1. The van der Waals surface area contributed by atoms with Crippen LogP contribution in [0.5, 0.6) is 0 Å². The Bertz CT molecular complexity index is 456. The van der Waals surface area contributed by atoms with Crippen LogP contribution in [-0.4, -0.2) is 32.3 Å². The van der Waals surface area contributed by atoms with Crippen molar-refractivity contribution in [1.29, 1.82) is 0 Å². The van der Waals surface area contributed by atoms with Gasteiger partial charge in [-0.1, -0.05) is 22.0 Å². The Morgan fingerprint density at radius 2 is 2.00 bits per heavy atom. The van der Waals surface area contributed by atoms with Crippen molar-refractivity contribution in [3.8, 4) is 0 Å². The smallest absolute Gasteiger partial charge is 0.0485 e. The zero-order valence-corrected chi connectivity index (χ0v) is 13.7. The van der Waals surface area contributed by atoms with E-state index in [1.807, 2.05) is 0 Å². The van der Waals surface area contributed by atoms with Gasteiger partial charge in [-0.25, -0.2) is 0 Å². The monoisotopic (exact) mass is 338 g/mol. The molecule has 4 heteroatoms. The summed E-state index contributed by atoms with van der Waals surface area (Å²) in [7, 11) is 2.19. The molecule has 1 aliphatic heterocycles. The Morgan fingerprint density at radius 1 is 1.25 bits per heavy atom. The van der Waals surface area contributed by atoms with Gasteiger partial charge in [0.25, 0.3) is 0 Å². The van der Waals surface area contributed by atoms with Crippen molar-refractivity contribution in [3.63, 3.8) is 0 Å². The molecule has 0 spiro atoms. The lowest BCUT2D eigenvalue weighted by atomic mass is 10.1. The van der Waals surface area contributed by atoms with Gasteiger partial charge in [-0.05, 0) is 43.4 Å². The number of halogens is 1. The molecule has 1 aliphatic carbocycles. The number of anilines is 1. The van der Waals surface area contributed by atoms with Crippen LogP contribution in [0.3, 0.4) is 0 Å². The van der Waals surface area contributed by atoms with Crippen LogP contribution >= 0.6 is 15.9 Å². The van der Waals surface area contributed by atoms with Crippen molar-refractivity contribution in [2.45, 2.75) is 44.3 Å². The highest BCUT2D eigenvalue weighted by Gasteiger charge is 2.21. The molecular formula is C16H23BrN2O. The van der Waals surface area contributed by atoms with Gasteiger partial charge in [0.05, 0.1) is 0 Å². The molecular weight excluding hydrogens is 316 g/mol. The predicted molar refractivity (Wildman–Crippen MR) is 86.2 cm³/mol. The second-order valence-electron chi connectivity index (χ2n) is 5.89. The molecule has 0 bridgehead atoms. The predicted octanol–water partition coefficient (Wildman–Crippen LogP) is 3.32. The van der Waals surface area contributed by atoms with Crippen LogP contribution < -0.4 is 10.2 Å². The minimum Gasteiger partial charge on any atom is -0.381 e. The summed E-state index contributed by atoms with van der Waals surface area (Å²) in [6.45, 7) is 2.74. The van der Waals surface area contributed by atoms with Gasteiger partial charge in [0.1, 0.15) is 0 Å². The van der Waals surface area contributed by atoms with Crippen molar-refractivity contribution >= 4 is 21.6 Å². The summed E-state index contributed by atoms with van der Waals surface area (Å²) in [6, 6.07) is 8.09. The Labute approximate surface area is 129 Å². The first kappa shape index (κ1) is 14.4. The summed E-state index contributed by atoms with van der Waals surface area (Å²) in [6.07, 6.45) is 4.92. The second-order valence-corrected chi connectivity index (χ2v) is 6.74. The van der Waals surface area contributed by atoms with Gasteiger partial charge in [-0.3, -0.25) is 0 Å². The highest BCUT2D eigenvalue weighted by molar-refractivity contribution is 9.10. The van der Waals surface area contributed by atoms with Crippen molar-refractivity contribution in [1.82, 2.24) is 5.32 Å². The normalized spacial score (nSPS) is 20.1. The largest absolute Gasteiger partial charge is 0.381 e. The van der Waals surface area contributed by atoms with Crippen LogP contribution in [0.15, 0.2) is 22.7 Å². The van der Waals surface area contributed by atoms with E-state index in [1.54, 1.807) is 0 Å². The summed E-state index contributed by atoms with van der Waals surface area (Å²) in [5, 5.41) is 3.57. The Hall–Kier alpha value is -0.580. The minimum absolute atomic E-state index is 0.603. The van der Waals surface area contributed by atoms with Gasteiger partial charge in [0.15, 0.2) is 0 Å². The van der Waals surface area contributed by atoms with E-state index < -0.39 is 0 Å². The van der Waals surface area contributed by atoms with Crippen molar-refractivity contribution in [3.05, 3.63) is 28.2 Å². The minimum atomic E-state index is 0.603. The highest BCUT2D eigenvalue weighted by Crippen LogP contribution is 2.28. The molecule has 1 saturated heterocycles. The number of nitrogens with one attached hydrogen (secondary N) is 1. The molecule has 0 unspecified atom stereocenters. The second kappa shape index (κ2) is 6.46. The number of benzene rings is 1. The number of rotatable bonds is 5. The van der Waals surface area contributed by atoms with E-state index >= 15 is 0 Å². The molecule has 0 amide bonds. The van der Waals surface area contributed by atoms with E-state index in [1.165, 1.54) is 28.6 Å². The lowest BCUT2D eigenvalue weighted by molar-refractivity contribution is 0.0855. The third-order valence-corrected chi connectivity index (χ3v) is 5.08. The molecule has 1 aromatic rings.